The molecule has 0 aliphatic rings. The summed E-state index contributed by atoms with van der Waals surface area (Å²) in [5, 5.41) is 0. The first kappa shape index (κ1) is 25.1. The molecule has 0 aliphatic carbocycles. The van der Waals surface area contributed by atoms with Gasteiger partial charge in [0.25, 0.3) is 0 Å². The minimum absolute atomic E-state index is 0.138. The van der Waals surface area contributed by atoms with Gasteiger partial charge in [0.15, 0.2) is 0 Å². The number of benzene rings is 1. The van der Waals surface area contributed by atoms with E-state index in [4.69, 9.17) is 9.47 Å². The van der Waals surface area contributed by atoms with Crippen LogP contribution in [0.3, 0.4) is 0 Å². The van der Waals surface area contributed by atoms with Crippen molar-refractivity contribution in [3.8, 4) is 0 Å². The molecular formula is C25H43FO2. The van der Waals surface area contributed by atoms with Crippen molar-refractivity contribution in [3.05, 3.63) is 35.6 Å². The van der Waals surface area contributed by atoms with Gasteiger partial charge >= 0.3 is 0 Å². The molecular weight excluding hydrogens is 351 g/mol. The summed E-state index contributed by atoms with van der Waals surface area (Å²) in [4.78, 5) is 0. The molecule has 0 saturated carbocycles. The Balaban J connectivity index is 1.71. The Hall–Kier alpha value is -0.930. The Morgan fingerprint density at radius 2 is 1.14 bits per heavy atom. The third-order valence-electron chi connectivity index (χ3n) is 5.10. The molecule has 0 fully saturated rings. The zero-order valence-electron chi connectivity index (χ0n) is 18.4. The lowest BCUT2D eigenvalue weighted by atomic mass is 10.0. The van der Waals surface area contributed by atoms with Gasteiger partial charge < -0.3 is 9.47 Å². The topological polar surface area (TPSA) is 18.5 Å². The predicted octanol–water partition coefficient (Wildman–Crippen LogP) is 7.49. The van der Waals surface area contributed by atoms with Crippen LogP contribution < -0.4 is 0 Å². The molecule has 0 atom stereocenters. The second-order valence-electron chi connectivity index (χ2n) is 8.15. The van der Waals surface area contributed by atoms with Gasteiger partial charge in [0.1, 0.15) is 5.82 Å². The van der Waals surface area contributed by atoms with Crippen LogP contribution in [0.5, 0.6) is 0 Å². The molecule has 1 rings (SSSR count). The average Bonchev–Trinajstić information content (AvgIpc) is 2.68. The van der Waals surface area contributed by atoms with Crippen LogP contribution >= 0.6 is 0 Å². The van der Waals surface area contributed by atoms with Crippen LogP contribution in [0.25, 0.3) is 0 Å². The van der Waals surface area contributed by atoms with Crippen molar-refractivity contribution in [1.29, 1.82) is 0 Å². The van der Waals surface area contributed by atoms with Gasteiger partial charge in [0, 0.05) is 6.61 Å². The Labute approximate surface area is 173 Å². The highest BCUT2D eigenvalue weighted by molar-refractivity contribution is 5.15. The van der Waals surface area contributed by atoms with E-state index in [1.807, 2.05) is 12.1 Å². The SMILES string of the molecule is CC(C)OCCOCCCCCCCCCCCCCCc1ccc(F)cc1. The minimum Gasteiger partial charge on any atom is -0.379 e. The summed E-state index contributed by atoms with van der Waals surface area (Å²) in [7, 11) is 0. The van der Waals surface area contributed by atoms with Crippen molar-refractivity contribution in [1.82, 2.24) is 0 Å². The van der Waals surface area contributed by atoms with Crippen molar-refractivity contribution in [3.63, 3.8) is 0 Å². The first-order chi connectivity index (χ1) is 13.7. The lowest BCUT2D eigenvalue weighted by Gasteiger charge is -2.08. The molecule has 0 aliphatic heterocycles. The maximum atomic E-state index is 12.8. The quantitative estimate of drug-likeness (QED) is 0.226. The van der Waals surface area contributed by atoms with Crippen molar-refractivity contribution < 1.29 is 13.9 Å². The average molecular weight is 395 g/mol. The van der Waals surface area contributed by atoms with Crippen LogP contribution in [0.15, 0.2) is 24.3 Å². The zero-order valence-corrected chi connectivity index (χ0v) is 18.4. The number of halogens is 1. The van der Waals surface area contributed by atoms with E-state index in [1.54, 1.807) is 12.1 Å². The summed E-state index contributed by atoms with van der Waals surface area (Å²) in [6, 6.07) is 6.94. The van der Waals surface area contributed by atoms with E-state index >= 15 is 0 Å². The monoisotopic (exact) mass is 394 g/mol. The van der Waals surface area contributed by atoms with Gasteiger partial charge in [0.2, 0.25) is 0 Å². The van der Waals surface area contributed by atoms with Crippen molar-refractivity contribution in [2.75, 3.05) is 19.8 Å². The van der Waals surface area contributed by atoms with Crippen molar-refractivity contribution >= 4 is 0 Å². The van der Waals surface area contributed by atoms with Crippen LogP contribution in [-0.2, 0) is 15.9 Å². The van der Waals surface area contributed by atoms with Crippen molar-refractivity contribution in [2.24, 2.45) is 0 Å². The maximum Gasteiger partial charge on any atom is 0.123 e. The molecule has 0 unspecified atom stereocenters. The lowest BCUT2D eigenvalue weighted by molar-refractivity contribution is 0.0186. The highest BCUT2D eigenvalue weighted by atomic mass is 19.1. The number of hydrogen-bond acceptors (Lipinski definition) is 2. The highest BCUT2D eigenvalue weighted by Gasteiger charge is 1.97. The molecule has 0 bridgehead atoms. The number of hydrogen-bond donors (Lipinski definition) is 0. The fraction of sp³-hybridized carbons (Fsp3) is 0.760. The molecule has 0 saturated heterocycles. The fourth-order valence-electron chi connectivity index (χ4n) is 3.40. The molecule has 0 spiro atoms. The molecule has 0 aromatic heterocycles. The first-order valence-electron chi connectivity index (χ1n) is 11.6. The Morgan fingerprint density at radius 1 is 0.643 bits per heavy atom. The first-order valence-corrected chi connectivity index (χ1v) is 11.6. The van der Waals surface area contributed by atoms with Crippen LogP contribution in [0.4, 0.5) is 4.39 Å². The Kier molecular flexibility index (Phi) is 16.2. The normalized spacial score (nSPS) is 11.4. The smallest absolute Gasteiger partial charge is 0.123 e. The van der Waals surface area contributed by atoms with E-state index in [-0.39, 0.29) is 5.82 Å². The summed E-state index contributed by atoms with van der Waals surface area (Å²) < 4.78 is 23.9. The maximum absolute atomic E-state index is 12.8. The second kappa shape index (κ2) is 18.1. The molecule has 28 heavy (non-hydrogen) atoms. The van der Waals surface area contributed by atoms with Crippen LogP contribution in [0, 0.1) is 5.82 Å². The molecule has 0 heterocycles. The van der Waals surface area contributed by atoms with Crippen LogP contribution in [0.1, 0.15) is 96.5 Å². The number of ether oxygens (including phenoxy) is 2. The Bertz CT molecular complexity index is 444. The van der Waals surface area contributed by atoms with E-state index in [0.717, 1.165) is 19.6 Å². The standard InChI is InChI=1S/C25H43FO2/c1-23(2)28-22-21-27-20-14-12-10-8-6-4-3-5-7-9-11-13-15-24-16-18-25(26)19-17-24/h16-19,23H,3-15,20-22H2,1-2H3. The van der Waals surface area contributed by atoms with E-state index in [9.17, 15) is 4.39 Å². The third kappa shape index (κ3) is 16.1. The van der Waals surface area contributed by atoms with Gasteiger partial charge in [-0.1, -0.05) is 76.3 Å². The van der Waals surface area contributed by atoms with Gasteiger partial charge in [-0.2, -0.15) is 0 Å². The van der Waals surface area contributed by atoms with E-state index in [1.165, 1.54) is 82.6 Å². The van der Waals surface area contributed by atoms with Gasteiger partial charge in [-0.05, 0) is 50.8 Å². The second-order valence-corrected chi connectivity index (χ2v) is 8.15. The molecule has 162 valence electrons. The molecule has 2 nitrogen and oxygen atoms in total. The number of unbranched alkanes of at least 4 members (excludes halogenated alkanes) is 11. The fourth-order valence-corrected chi connectivity index (χ4v) is 3.40. The highest BCUT2D eigenvalue weighted by Crippen LogP contribution is 2.13. The lowest BCUT2D eigenvalue weighted by Crippen LogP contribution is -2.10. The number of rotatable bonds is 19. The Morgan fingerprint density at radius 3 is 1.68 bits per heavy atom. The minimum atomic E-state index is -0.138. The molecule has 1 aromatic carbocycles. The summed E-state index contributed by atoms with van der Waals surface area (Å²) in [6.07, 6.45) is 17.3. The zero-order chi connectivity index (χ0) is 20.3. The molecule has 0 N–H and O–H groups in total. The van der Waals surface area contributed by atoms with Gasteiger partial charge in [-0.15, -0.1) is 0 Å². The van der Waals surface area contributed by atoms with Gasteiger partial charge in [-0.3, -0.25) is 0 Å². The summed E-state index contributed by atoms with van der Waals surface area (Å²) in [5.41, 5.74) is 1.26. The summed E-state index contributed by atoms with van der Waals surface area (Å²) in [5.74, 6) is -0.138. The summed E-state index contributed by atoms with van der Waals surface area (Å²) >= 11 is 0. The molecule has 1 aromatic rings. The summed E-state index contributed by atoms with van der Waals surface area (Å²) in [6.45, 7) is 6.43. The van der Waals surface area contributed by atoms with Crippen molar-refractivity contribution in [2.45, 2.75) is 103 Å². The van der Waals surface area contributed by atoms with Gasteiger partial charge in [-0.25, -0.2) is 4.39 Å². The van der Waals surface area contributed by atoms with E-state index in [2.05, 4.69) is 13.8 Å². The number of aryl methyl sites for hydroxylation is 1. The largest absolute Gasteiger partial charge is 0.379 e. The third-order valence-corrected chi connectivity index (χ3v) is 5.10. The van der Waals surface area contributed by atoms with Gasteiger partial charge in [0.05, 0.1) is 19.3 Å². The predicted molar refractivity (Wildman–Crippen MR) is 117 cm³/mol. The van der Waals surface area contributed by atoms with Crippen LogP contribution in [0.2, 0.25) is 0 Å². The molecule has 0 radical (unpaired) electrons. The molecule has 3 heteroatoms. The van der Waals surface area contributed by atoms with E-state index < -0.39 is 0 Å². The van der Waals surface area contributed by atoms with Crippen LogP contribution in [-0.4, -0.2) is 25.9 Å². The molecule has 0 amide bonds. The van der Waals surface area contributed by atoms with E-state index in [0.29, 0.717) is 12.7 Å².